The molecule has 0 saturated carbocycles. The van der Waals surface area contributed by atoms with E-state index in [-0.39, 0.29) is 55.2 Å². The van der Waals surface area contributed by atoms with Crippen molar-refractivity contribution in [2.75, 3.05) is 13.2 Å². The number of hydrogen-bond donors (Lipinski definition) is 2. The van der Waals surface area contributed by atoms with Crippen LogP contribution >= 0.6 is 0 Å². The SMILES string of the molecule is CCC(CC)(CO)CO.[CH3-].[CH3-].[Ti+2]. The molecule has 0 bridgehead atoms. The van der Waals surface area contributed by atoms with Crippen LogP contribution in [0.2, 0.25) is 0 Å². The maximum atomic E-state index is 8.82. The Balaban J connectivity index is -0.000000107. The Morgan fingerprint density at radius 2 is 1.17 bits per heavy atom. The molecular formula is C9H22O2Ti. The zero-order chi connectivity index (χ0) is 7.33. The fourth-order valence-electron chi connectivity index (χ4n) is 0.747. The minimum atomic E-state index is -0.222. The van der Waals surface area contributed by atoms with Crippen LogP contribution in [-0.2, 0) is 21.7 Å². The fraction of sp³-hybridized carbons (Fsp3) is 0.778. The summed E-state index contributed by atoms with van der Waals surface area (Å²) in [6.07, 6.45) is 1.69. The number of hydrogen-bond acceptors (Lipinski definition) is 2. The molecular weight excluding hydrogens is 188 g/mol. The van der Waals surface area contributed by atoms with E-state index in [2.05, 4.69) is 0 Å². The normalized spacial score (nSPS) is 9.00. The second-order valence-electron chi connectivity index (χ2n) is 2.52. The van der Waals surface area contributed by atoms with Gasteiger partial charge in [0, 0.05) is 5.41 Å². The third-order valence-electron chi connectivity index (χ3n) is 2.17. The van der Waals surface area contributed by atoms with Gasteiger partial charge in [-0.15, -0.1) is 0 Å². The van der Waals surface area contributed by atoms with Gasteiger partial charge >= 0.3 is 21.7 Å². The van der Waals surface area contributed by atoms with Gasteiger partial charge in [0.1, 0.15) is 0 Å². The van der Waals surface area contributed by atoms with Gasteiger partial charge in [0.15, 0.2) is 0 Å². The molecule has 2 N–H and O–H groups in total. The van der Waals surface area contributed by atoms with Crippen LogP contribution in [0.1, 0.15) is 26.7 Å². The fourth-order valence-corrected chi connectivity index (χ4v) is 0.747. The van der Waals surface area contributed by atoms with Crippen LogP contribution in [0.15, 0.2) is 0 Å². The van der Waals surface area contributed by atoms with Crippen LogP contribution in [-0.4, -0.2) is 23.4 Å². The van der Waals surface area contributed by atoms with Crippen LogP contribution < -0.4 is 0 Å². The van der Waals surface area contributed by atoms with E-state index in [4.69, 9.17) is 10.2 Å². The average molecular weight is 210 g/mol. The van der Waals surface area contributed by atoms with E-state index >= 15 is 0 Å². The molecule has 0 spiro atoms. The molecule has 0 saturated heterocycles. The number of aliphatic hydroxyl groups is 2. The van der Waals surface area contributed by atoms with Crippen molar-refractivity contribution >= 4 is 0 Å². The zero-order valence-corrected chi connectivity index (χ0v) is 10.3. The van der Waals surface area contributed by atoms with E-state index in [1.807, 2.05) is 13.8 Å². The molecule has 3 heteroatoms. The zero-order valence-electron chi connectivity index (χ0n) is 8.72. The Kier molecular flexibility index (Phi) is 22.2. The van der Waals surface area contributed by atoms with E-state index in [1.165, 1.54) is 0 Å². The minimum absolute atomic E-state index is 0. The van der Waals surface area contributed by atoms with E-state index in [0.29, 0.717) is 0 Å². The van der Waals surface area contributed by atoms with Gasteiger partial charge < -0.3 is 25.1 Å². The Morgan fingerprint density at radius 3 is 1.17 bits per heavy atom. The quantitative estimate of drug-likeness (QED) is 0.547. The molecule has 0 rings (SSSR count). The molecule has 0 aromatic heterocycles. The maximum Gasteiger partial charge on any atom is 2.00 e. The van der Waals surface area contributed by atoms with Gasteiger partial charge in [-0.1, -0.05) is 13.8 Å². The minimum Gasteiger partial charge on any atom is -0.396 e. The molecule has 0 heterocycles. The molecule has 0 fully saturated rings. The maximum absolute atomic E-state index is 8.82. The summed E-state index contributed by atoms with van der Waals surface area (Å²) in [5.41, 5.74) is -0.222. The van der Waals surface area contributed by atoms with Crippen molar-refractivity contribution in [2.45, 2.75) is 26.7 Å². The van der Waals surface area contributed by atoms with Crippen molar-refractivity contribution in [3.8, 4) is 0 Å². The van der Waals surface area contributed by atoms with E-state index in [0.717, 1.165) is 12.8 Å². The second kappa shape index (κ2) is 11.6. The van der Waals surface area contributed by atoms with E-state index in [1.54, 1.807) is 0 Å². The van der Waals surface area contributed by atoms with Crippen LogP contribution in [0, 0.1) is 20.3 Å². The Morgan fingerprint density at radius 1 is 0.917 bits per heavy atom. The first kappa shape index (κ1) is 22.9. The van der Waals surface area contributed by atoms with Gasteiger partial charge in [0.25, 0.3) is 0 Å². The van der Waals surface area contributed by atoms with Gasteiger partial charge in [-0.25, -0.2) is 0 Å². The van der Waals surface area contributed by atoms with Crippen molar-refractivity contribution in [1.29, 1.82) is 0 Å². The smallest absolute Gasteiger partial charge is 0.396 e. The van der Waals surface area contributed by atoms with Crippen LogP contribution in [0.5, 0.6) is 0 Å². The van der Waals surface area contributed by atoms with Gasteiger partial charge in [-0.2, -0.15) is 0 Å². The Bertz CT molecular complexity index is 55.4. The summed E-state index contributed by atoms with van der Waals surface area (Å²) < 4.78 is 0. The predicted molar refractivity (Wildman–Crippen MR) is 50.0 cm³/mol. The monoisotopic (exact) mass is 210 g/mol. The van der Waals surface area contributed by atoms with Crippen molar-refractivity contribution < 1.29 is 31.9 Å². The summed E-state index contributed by atoms with van der Waals surface area (Å²) in [7, 11) is 0. The largest absolute Gasteiger partial charge is 2.00 e. The second-order valence-corrected chi connectivity index (χ2v) is 2.52. The van der Waals surface area contributed by atoms with Gasteiger partial charge in [-0.05, 0) is 12.8 Å². The topological polar surface area (TPSA) is 40.5 Å². The molecule has 0 aromatic carbocycles. The molecule has 0 aliphatic heterocycles. The molecule has 0 aliphatic rings. The molecule has 0 unspecified atom stereocenters. The standard InChI is InChI=1S/C7H16O2.2CH3.Ti/c1-3-7(4-2,5-8)6-9;;;/h8-9H,3-6H2,1-2H3;2*1H3;/q;2*-1;+2. The summed E-state index contributed by atoms with van der Waals surface area (Å²) in [5, 5.41) is 17.6. The summed E-state index contributed by atoms with van der Waals surface area (Å²) in [6.45, 7) is 4.15. The number of rotatable bonds is 4. The predicted octanol–water partition coefficient (Wildman–Crippen LogP) is 1.68. The summed E-state index contributed by atoms with van der Waals surface area (Å²) in [4.78, 5) is 0. The molecule has 0 amide bonds. The Hall–Kier alpha value is 0.634. The van der Waals surface area contributed by atoms with Gasteiger partial charge in [-0.3, -0.25) is 0 Å². The van der Waals surface area contributed by atoms with Crippen LogP contribution in [0.3, 0.4) is 0 Å². The van der Waals surface area contributed by atoms with Gasteiger partial charge in [0.05, 0.1) is 13.2 Å². The molecule has 74 valence electrons. The summed E-state index contributed by atoms with van der Waals surface area (Å²) in [5.74, 6) is 0. The van der Waals surface area contributed by atoms with E-state index < -0.39 is 0 Å². The van der Waals surface area contributed by atoms with Crippen molar-refractivity contribution in [3.63, 3.8) is 0 Å². The molecule has 12 heavy (non-hydrogen) atoms. The summed E-state index contributed by atoms with van der Waals surface area (Å²) >= 11 is 0. The average Bonchev–Trinajstić information content (AvgIpc) is 1.95. The van der Waals surface area contributed by atoms with E-state index in [9.17, 15) is 0 Å². The molecule has 0 atom stereocenters. The van der Waals surface area contributed by atoms with Crippen molar-refractivity contribution in [1.82, 2.24) is 0 Å². The van der Waals surface area contributed by atoms with Crippen LogP contribution in [0.4, 0.5) is 0 Å². The van der Waals surface area contributed by atoms with Crippen molar-refractivity contribution in [3.05, 3.63) is 14.9 Å². The molecule has 0 aromatic rings. The first-order chi connectivity index (χ1) is 4.24. The Labute approximate surface area is 92.3 Å². The van der Waals surface area contributed by atoms with Crippen molar-refractivity contribution in [2.24, 2.45) is 5.41 Å². The van der Waals surface area contributed by atoms with Crippen LogP contribution in [0.25, 0.3) is 0 Å². The first-order valence-electron chi connectivity index (χ1n) is 3.46. The molecule has 0 aliphatic carbocycles. The summed E-state index contributed by atoms with van der Waals surface area (Å²) in [6, 6.07) is 0. The van der Waals surface area contributed by atoms with Gasteiger partial charge in [0.2, 0.25) is 0 Å². The third-order valence-corrected chi connectivity index (χ3v) is 2.17. The molecule has 0 radical (unpaired) electrons. The first-order valence-corrected chi connectivity index (χ1v) is 3.46. The molecule has 2 nitrogen and oxygen atoms in total. The third kappa shape index (κ3) is 6.18. The number of aliphatic hydroxyl groups excluding tert-OH is 2.